The molecule has 0 aliphatic carbocycles. The highest BCUT2D eigenvalue weighted by molar-refractivity contribution is 5.32. The Hall–Kier alpha value is -1.06. The Bertz CT molecular complexity index is 437. The molecule has 1 aromatic rings. The molecular weight excluding hydrogens is 260 g/mol. The van der Waals surface area contributed by atoms with Crippen LogP contribution in [0.1, 0.15) is 51.1 Å². The van der Waals surface area contributed by atoms with Crippen molar-refractivity contribution in [2.75, 3.05) is 27.2 Å². The summed E-state index contributed by atoms with van der Waals surface area (Å²) in [5.41, 5.74) is 1.52. The molecule has 118 valence electrons. The van der Waals surface area contributed by atoms with Crippen LogP contribution in [0.2, 0.25) is 0 Å². The molecule has 0 radical (unpaired) electrons. The second-order valence-electron chi connectivity index (χ2n) is 6.00. The van der Waals surface area contributed by atoms with E-state index >= 15 is 0 Å². The molecule has 1 aliphatic rings. The fourth-order valence-corrected chi connectivity index (χ4v) is 4.02. The van der Waals surface area contributed by atoms with Gasteiger partial charge in [-0.1, -0.05) is 26.0 Å². The first-order valence-corrected chi connectivity index (χ1v) is 8.28. The molecule has 3 nitrogen and oxygen atoms in total. The van der Waals surface area contributed by atoms with Gasteiger partial charge in [-0.05, 0) is 63.5 Å². The lowest BCUT2D eigenvalue weighted by atomic mass is 9.79. The summed E-state index contributed by atoms with van der Waals surface area (Å²) in [5, 5.41) is 3.59. The van der Waals surface area contributed by atoms with E-state index in [4.69, 9.17) is 4.74 Å². The van der Waals surface area contributed by atoms with Crippen molar-refractivity contribution < 1.29 is 4.74 Å². The number of ether oxygens (including phenoxy) is 1. The van der Waals surface area contributed by atoms with Crippen LogP contribution in [0.5, 0.6) is 5.75 Å². The van der Waals surface area contributed by atoms with Crippen molar-refractivity contribution in [3.63, 3.8) is 0 Å². The first-order chi connectivity index (χ1) is 10.2. The van der Waals surface area contributed by atoms with Gasteiger partial charge in [-0.2, -0.15) is 0 Å². The summed E-state index contributed by atoms with van der Waals surface area (Å²) in [6.45, 7) is 7.10. The predicted molar refractivity (Wildman–Crippen MR) is 88.9 cm³/mol. The van der Waals surface area contributed by atoms with Crippen molar-refractivity contribution in [3.05, 3.63) is 29.8 Å². The van der Waals surface area contributed by atoms with Gasteiger partial charge < -0.3 is 10.1 Å². The smallest absolute Gasteiger partial charge is 0.119 e. The van der Waals surface area contributed by atoms with Crippen LogP contribution in [-0.2, 0) is 0 Å². The summed E-state index contributed by atoms with van der Waals surface area (Å²) in [7, 11) is 3.82. The SMILES string of the molecule is CCC(CC)(C(NC)c1cccc(OC)c1)N1CCCC1. The van der Waals surface area contributed by atoms with E-state index in [-0.39, 0.29) is 5.54 Å². The minimum absolute atomic E-state index is 0.192. The van der Waals surface area contributed by atoms with Crippen molar-refractivity contribution in [2.45, 2.75) is 51.1 Å². The molecule has 1 aliphatic heterocycles. The lowest BCUT2D eigenvalue weighted by Crippen LogP contribution is -2.54. The highest BCUT2D eigenvalue weighted by Gasteiger charge is 2.42. The third-order valence-electron chi connectivity index (χ3n) is 5.21. The lowest BCUT2D eigenvalue weighted by Gasteiger charge is -2.47. The zero-order valence-electron chi connectivity index (χ0n) is 14.0. The molecule has 1 saturated heterocycles. The first-order valence-electron chi connectivity index (χ1n) is 8.28. The number of benzene rings is 1. The zero-order valence-corrected chi connectivity index (χ0v) is 14.0. The van der Waals surface area contributed by atoms with Crippen molar-refractivity contribution in [3.8, 4) is 5.75 Å². The predicted octanol–water partition coefficient (Wildman–Crippen LogP) is 3.61. The van der Waals surface area contributed by atoms with Crippen LogP contribution in [0, 0.1) is 0 Å². The molecule has 0 bridgehead atoms. The Morgan fingerprint density at radius 3 is 2.43 bits per heavy atom. The number of likely N-dealkylation sites (tertiary alicyclic amines) is 1. The maximum absolute atomic E-state index is 5.41. The Labute approximate surface area is 129 Å². The van der Waals surface area contributed by atoms with Crippen LogP contribution in [0.15, 0.2) is 24.3 Å². The van der Waals surface area contributed by atoms with Crippen molar-refractivity contribution in [2.24, 2.45) is 0 Å². The van der Waals surface area contributed by atoms with Gasteiger partial charge in [0.15, 0.2) is 0 Å². The zero-order chi connectivity index (χ0) is 15.3. The highest BCUT2D eigenvalue weighted by atomic mass is 16.5. The van der Waals surface area contributed by atoms with E-state index in [1.54, 1.807) is 7.11 Å². The van der Waals surface area contributed by atoms with Gasteiger partial charge in [0.05, 0.1) is 13.2 Å². The van der Waals surface area contributed by atoms with Gasteiger partial charge in [-0.15, -0.1) is 0 Å². The molecular formula is C18H30N2O. The van der Waals surface area contributed by atoms with Gasteiger partial charge in [0.1, 0.15) is 5.75 Å². The molecule has 1 atom stereocenters. The van der Waals surface area contributed by atoms with Crippen LogP contribution in [0.3, 0.4) is 0 Å². The molecule has 1 unspecified atom stereocenters. The van der Waals surface area contributed by atoms with Crippen molar-refractivity contribution in [1.29, 1.82) is 0 Å². The van der Waals surface area contributed by atoms with E-state index in [2.05, 4.69) is 49.3 Å². The summed E-state index contributed by atoms with van der Waals surface area (Å²) in [6, 6.07) is 8.85. The Kier molecular flexibility index (Phi) is 5.65. The minimum Gasteiger partial charge on any atom is -0.497 e. The molecule has 3 heteroatoms. The molecule has 0 amide bonds. The monoisotopic (exact) mass is 290 g/mol. The molecule has 0 spiro atoms. The van der Waals surface area contributed by atoms with Gasteiger partial charge in [-0.25, -0.2) is 0 Å². The lowest BCUT2D eigenvalue weighted by molar-refractivity contribution is 0.0646. The quantitative estimate of drug-likeness (QED) is 0.830. The average molecular weight is 290 g/mol. The van der Waals surface area contributed by atoms with E-state index in [0.717, 1.165) is 18.6 Å². The molecule has 1 fully saturated rings. The van der Waals surface area contributed by atoms with Gasteiger partial charge >= 0.3 is 0 Å². The van der Waals surface area contributed by atoms with Gasteiger partial charge in [-0.3, -0.25) is 4.90 Å². The second-order valence-corrected chi connectivity index (χ2v) is 6.00. The number of hydrogen-bond acceptors (Lipinski definition) is 3. The van der Waals surface area contributed by atoms with Gasteiger partial charge in [0, 0.05) is 5.54 Å². The van der Waals surface area contributed by atoms with Crippen LogP contribution >= 0.6 is 0 Å². The number of nitrogens with zero attached hydrogens (tertiary/aromatic N) is 1. The molecule has 1 N–H and O–H groups in total. The maximum Gasteiger partial charge on any atom is 0.119 e. The number of likely N-dealkylation sites (N-methyl/N-ethyl adjacent to an activating group) is 1. The summed E-state index contributed by atoms with van der Waals surface area (Å²) in [6.07, 6.45) is 4.98. The number of rotatable bonds is 7. The largest absolute Gasteiger partial charge is 0.497 e. The fraction of sp³-hybridized carbons (Fsp3) is 0.667. The molecule has 0 saturated carbocycles. The summed E-state index contributed by atoms with van der Waals surface area (Å²) in [4.78, 5) is 2.70. The highest BCUT2D eigenvalue weighted by Crippen LogP contribution is 2.39. The third kappa shape index (κ3) is 3.09. The Morgan fingerprint density at radius 1 is 1.24 bits per heavy atom. The fourth-order valence-electron chi connectivity index (χ4n) is 4.02. The van der Waals surface area contributed by atoms with Gasteiger partial charge in [0.2, 0.25) is 0 Å². The Balaban J connectivity index is 2.38. The number of nitrogens with one attached hydrogen (secondary N) is 1. The van der Waals surface area contributed by atoms with Crippen molar-refractivity contribution in [1.82, 2.24) is 10.2 Å². The average Bonchev–Trinajstić information content (AvgIpc) is 3.07. The van der Waals surface area contributed by atoms with Crippen LogP contribution < -0.4 is 10.1 Å². The van der Waals surface area contributed by atoms with E-state index in [1.807, 2.05) is 6.07 Å². The molecule has 2 rings (SSSR count). The standard InChI is InChI=1S/C18H30N2O/c1-5-18(6-2,20-12-7-8-13-20)17(19-3)15-10-9-11-16(14-15)21-4/h9-11,14,17,19H,5-8,12-13H2,1-4H3. The molecule has 21 heavy (non-hydrogen) atoms. The topological polar surface area (TPSA) is 24.5 Å². The third-order valence-corrected chi connectivity index (χ3v) is 5.21. The number of methoxy groups -OCH3 is 1. The summed E-state index contributed by atoms with van der Waals surface area (Å²) >= 11 is 0. The van der Waals surface area contributed by atoms with Crippen LogP contribution in [0.25, 0.3) is 0 Å². The normalized spacial score (nSPS) is 17.9. The Morgan fingerprint density at radius 2 is 1.90 bits per heavy atom. The van der Waals surface area contributed by atoms with E-state index < -0.39 is 0 Å². The van der Waals surface area contributed by atoms with Crippen LogP contribution in [-0.4, -0.2) is 37.7 Å². The molecule has 0 aromatic heterocycles. The van der Waals surface area contributed by atoms with E-state index in [9.17, 15) is 0 Å². The van der Waals surface area contributed by atoms with Crippen molar-refractivity contribution >= 4 is 0 Å². The van der Waals surface area contributed by atoms with E-state index in [0.29, 0.717) is 6.04 Å². The molecule has 1 heterocycles. The van der Waals surface area contributed by atoms with Crippen LogP contribution in [0.4, 0.5) is 0 Å². The summed E-state index contributed by atoms with van der Waals surface area (Å²) < 4.78 is 5.41. The van der Waals surface area contributed by atoms with Gasteiger partial charge in [0.25, 0.3) is 0 Å². The first kappa shape index (κ1) is 16.3. The second kappa shape index (κ2) is 7.28. The maximum atomic E-state index is 5.41. The van der Waals surface area contributed by atoms with E-state index in [1.165, 1.54) is 31.5 Å². The number of hydrogen-bond donors (Lipinski definition) is 1. The molecule has 1 aromatic carbocycles. The summed E-state index contributed by atoms with van der Waals surface area (Å²) in [5.74, 6) is 0.940. The minimum atomic E-state index is 0.192.